The summed E-state index contributed by atoms with van der Waals surface area (Å²) >= 11 is 0. The van der Waals surface area contributed by atoms with Gasteiger partial charge in [-0.25, -0.2) is 9.97 Å². The number of carbonyl (C=O) groups excluding carboxylic acids is 2. The fourth-order valence-corrected chi connectivity index (χ4v) is 3.58. The third kappa shape index (κ3) is 4.18. The number of nitrogens with two attached hydrogens (primary N) is 1. The average Bonchev–Trinajstić information content (AvgIpc) is 3.20. The Morgan fingerprint density at radius 2 is 2.03 bits per heavy atom. The van der Waals surface area contributed by atoms with Crippen LogP contribution in [0.3, 0.4) is 0 Å². The molecule has 160 valence electrons. The zero-order chi connectivity index (χ0) is 21.3. The van der Waals surface area contributed by atoms with Crippen molar-refractivity contribution >= 4 is 29.3 Å². The molecule has 12 nitrogen and oxygen atoms in total. The summed E-state index contributed by atoms with van der Waals surface area (Å²) in [6.07, 6.45) is -2.44. The van der Waals surface area contributed by atoms with Gasteiger partial charge in [0.2, 0.25) is 6.23 Å². The highest BCUT2D eigenvalue weighted by Gasteiger charge is 2.45. The van der Waals surface area contributed by atoms with Crippen molar-refractivity contribution in [3.8, 4) is 0 Å². The molecule has 3 heterocycles. The zero-order valence-corrected chi connectivity index (χ0v) is 16.4. The van der Waals surface area contributed by atoms with E-state index >= 15 is 0 Å². The number of hydrogen-bond donors (Lipinski definition) is 3. The van der Waals surface area contributed by atoms with Crippen LogP contribution in [0.15, 0.2) is 6.33 Å². The summed E-state index contributed by atoms with van der Waals surface area (Å²) in [6, 6.07) is 0. The number of hydrogen-bond acceptors (Lipinski definition) is 12. The maximum Gasteiger partial charge on any atom is 0.304 e. The zero-order valence-electron chi connectivity index (χ0n) is 16.4. The van der Waals surface area contributed by atoms with Crippen LogP contribution in [0.4, 0.5) is 17.3 Å². The van der Waals surface area contributed by atoms with Crippen molar-refractivity contribution in [2.45, 2.75) is 58.0 Å². The number of anilines is 3. The van der Waals surface area contributed by atoms with Gasteiger partial charge in [0.05, 0.1) is 19.4 Å². The van der Waals surface area contributed by atoms with Gasteiger partial charge in [-0.1, -0.05) is 0 Å². The highest BCUT2D eigenvalue weighted by molar-refractivity contribution is 5.82. The molecular formula is C17H25N5O7. The van der Waals surface area contributed by atoms with E-state index in [-0.39, 0.29) is 25.5 Å². The molecule has 2 aliphatic rings. The molecule has 1 aromatic rings. The van der Waals surface area contributed by atoms with E-state index in [1.807, 2.05) is 0 Å². The van der Waals surface area contributed by atoms with Crippen molar-refractivity contribution in [1.82, 2.24) is 9.97 Å². The summed E-state index contributed by atoms with van der Waals surface area (Å²) in [5, 5.41) is 19.5. The number of aliphatic hydroxyl groups is 2. The van der Waals surface area contributed by atoms with Crippen LogP contribution in [0.1, 0.15) is 27.2 Å². The Balaban J connectivity index is 1.95. The average molecular weight is 411 g/mol. The standard InChI is InChI=1S/C17H25N5O7/c1-8(27-9(2)24)17(28-10(3)25)22-7-21(13-4-11(26)12(5-23)29-13)16-14(22)15(18)19-6-20-16/h6,8,11-13,17,23,26H,4-5,7H2,1-3H3,(H2,18,19,20)/t8?,11?,12-,13-,17?/m1/s1. The minimum Gasteiger partial charge on any atom is -0.457 e. The number of esters is 2. The first kappa shape index (κ1) is 21.0. The minimum atomic E-state index is -0.992. The number of aromatic nitrogens is 2. The van der Waals surface area contributed by atoms with E-state index in [2.05, 4.69) is 9.97 Å². The van der Waals surface area contributed by atoms with E-state index in [0.717, 1.165) is 0 Å². The maximum atomic E-state index is 11.7. The van der Waals surface area contributed by atoms with Gasteiger partial charge in [0.25, 0.3) is 0 Å². The molecule has 0 bridgehead atoms. The first-order valence-electron chi connectivity index (χ1n) is 9.15. The molecule has 1 aromatic heterocycles. The summed E-state index contributed by atoms with van der Waals surface area (Å²) in [4.78, 5) is 34.8. The van der Waals surface area contributed by atoms with E-state index in [1.54, 1.807) is 16.7 Å². The first-order chi connectivity index (χ1) is 13.7. The van der Waals surface area contributed by atoms with Crippen LogP contribution in [0, 0.1) is 0 Å². The quantitative estimate of drug-likeness (QED) is 0.488. The molecule has 1 saturated heterocycles. The molecule has 0 radical (unpaired) electrons. The van der Waals surface area contributed by atoms with Gasteiger partial charge in [-0.2, -0.15) is 0 Å². The second kappa shape index (κ2) is 8.35. The number of ether oxygens (including phenoxy) is 3. The van der Waals surface area contributed by atoms with Crippen molar-refractivity contribution in [2.24, 2.45) is 0 Å². The van der Waals surface area contributed by atoms with E-state index < -0.39 is 42.7 Å². The Kier molecular flexibility index (Phi) is 6.05. The Labute approximate surface area is 167 Å². The Morgan fingerprint density at radius 3 is 2.62 bits per heavy atom. The summed E-state index contributed by atoms with van der Waals surface area (Å²) in [7, 11) is 0. The molecule has 0 aliphatic carbocycles. The molecule has 1 fully saturated rings. The second-order valence-corrected chi connectivity index (χ2v) is 6.94. The van der Waals surface area contributed by atoms with Crippen molar-refractivity contribution in [2.75, 3.05) is 28.8 Å². The highest BCUT2D eigenvalue weighted by atomic mass is 16.6. The number of aliphatic hydroxyl groups excluding tert-OH is 2. The lowest BCUT2D eigenvalue weighted by atomic mass is 10.2. The third-order valence-electron chi connectivity index (χ3n) is 4.77. The predicted molar refractivity (Wildman–Crippen MR) is 99.4 cm³/mol. The van der Waals surface area contributed by atoms with E-state index in [1.165, 1.54) is 20.2 Å². The summed E-state index contributed by atoms with van der Waals surface area (Å²) in [6.45, 7) is 3.89. The van der Waals surface area contributed by atoms with Crippen molar-refractivity contribution < 1.29 is 34.0 Å². The van der Waals surface area contributed by atoms with Gasteiger partial charge in [0.1, 0.15) is 24.3 Å². The minimum absolute atomic E-state index is 0.122. The van der Waals surface area contributed by atoms with Crippen LogP contribution in [-0.2, 0) is 23.8 Å². The van der Waals surface area contributed by atoms with E-state index in [4.69, 9.17) is 19.9 Å². The highest BCUT2D eigenvalue weighted by Crippen LogP contribution is 2.42. The number of nitrogens with zero attached hydrogens (tertiary/aromatic N) is 4. The van der Waals surface area contributed by atoms with Gasteiger partial charge in [-0.05, 0) is 6.92 Å². The van der Waals surface area contributed by atoms with Crippen LogP contribution in [0.5, 0.6) is 0 Å². The summed E-state index contributed by atoms with van der Waals surface area (Å²) < 4.78 is 16.4. The molecule has 3 unspecified atom stereocenters. The van der Waals surface area contributed by atoms with Gasteiger partial charge in [0.15, 0.2) is 17.7 Å². The number of rotatable bonds is 6. The number of fused-ring (bicyclic) bond motifs is 1. The van der Waals surface area contributed by atoms with Gasteiger partial charge >= 0.3 is 11.9 Å². The topological polar surface area (TPSA) is 161 Å². The van der Waals surface area contributed by atoms with Crippen LogP contribution in [0.2, 0.25) is 0 Å². The first-order valence-corrected chi connectivity index (χ1v) is 9.15. The Bertz CT molecular complexity index is 779. The predicted octanol–water partition coefficient (Wildman–Crippen LogP) is -1.05. The fourth-order valence-electron chi connectivity index (χ4n) is 3.58. The molecule has 2 aliphatic heterocycles. The van der Waals surface area contributed by atoms with Gasteiger partial charge < -0.3 is 40.0 Å². The third-order valence-corrected chi connectivity index (χ3v) is 4.77. The van der Waals surface area contributed by atoms with Crippen LogP contribution in [0.25, 0.3) is 0 Å². The number of carbonyl (C=O) groups is 2. The second-order valence-electron chi connectivity index (χ2n) is 6.94. The normalized spacial score (nSPS) is 25.5. The smallest absolute Gasteiger partial charge is 0.304 e. The van der Waals surface area contributed by atoms with E-state index in [0.29, 0.717) is 11.5 Å². The Morgan fingerprint density at radius 1 is 1.34 bits per heavy atom. The van der Waals surface area contributed by atoms with Crippen LogP contribution < -0.4 is 15.5 Å². The summed E-state index contributed by atoms with van der Waals surface area (Å²) in [5.74, 6) is -0.545. The lowest BCUT2D eigenvalue weighted by Crippen LogP contribution is -2.50. The van der Waals surface area contributed by atoms with Crippen molar-refractivity contribution in [1.29, 1.82) is 0 Å². The van der Waals surface area contributed by atoms with E-state index in [9.17, 15) is 19.8 Å². The molecule has 5 atom stereocenters. The largest absolute Gasteiger partial charge is 0.457 e. The fraction of sp³-hybridized carbons (Fsp3) is 0.647. The molecule has 0 amide bonds. The molecule has 3 rings (SSSR count). The SMILES string of the molecule is CC(=O)OC(C)C(OC(C)=O)N1CN([C@H]2CC(O)[C@@H](CO)O2)c2ncnc(N)c21. The van der Waals surface area contributed by atoms with Crippen LogP contribution in [-0.4, -0.2) is 76.2 Å². The molecule has 0 aromatic carbocycles. The maximum absolute atomic E-state index is 11.7. The van der Waals surface area contributed by atoms with Gasteiger partial charge in [-0.15, -0.1) is 0 Å². The lowest BCUT2D eigenvalue weighted by molar-refractivity contribution is -0.163. The molecular weight excluding hydrogens is 386 g/mol. The van der Waals surface area contributed by atoms with Gasteiger partial charge in [-0.3, -0.25) is 9.59 Å². The van der Waals surface area contributed by atoms with Crippen molar-refractivity contribution in [3.05, 3.63) is 6.33 Å². The molecule has 29 heavy (non-hydrogen) atoms. The Hall–Kier alpha value is -2.70. The van der Waals surface area contributed by atoms with Crippen molar-refractivity contribution in [3.63, 3.8) is 0 Å². The van der Waals surface area contributed by atoms with Crippen LogP contribution >= 0.6 is 0 Å². The summed E-state index contributed by atoms with van der Waals surface area (Å²) in [5.41, 5.74) is 6.47. The lowest BCUT2D eigenvalue weighted by Gasteiger charge is -2.33. The molecule has 0 saturated carbocycles. The molecule has 0 spiro atoms. The molecule has 12 heteroatoms. The molecule has 4 N–H and O–H groups in total. The monoisotopic (exact) mass is 411 g/mol. The number of nitrogen functional groups attached to an aromatic ring is 1. The van der Waals surface area contributed by atoms with Gasteiger partial charge in [0, 0.05) is 20.3 Å².